The molecule has 14 heteroatoms. The monoisotopic (exact) mass is 532 g/mol. The summed E-state index contributed by atoms with van der Waals surface area (Å²) >= 11 is 0. The van der Waals surface area contributed by atoms with Crippen LogP contribution in [-0.4, -0.2) is 5.78 Å². The molecule has 0 spiro atoms. The second kappa shape index (κ2) is 9.46. The van der Waals surface area contributed by atoms with Crippen molar-refractivity contribution in [1.29, 1.82) is 5.26 Å². The second-order valence-corrected chi connectivity index (χ2v) is 7.08. The van der Waals surface area contributed by atoms with Crippen molar-refractivity contribution in [3.05, 3.63) is 99.1 Å². The van der Waals surface area contributed by atoms with Crippen LogP contribution in [0.2, 0.25) is 0 Å². The van der Waals surface area contributed by atoms with Gasteiger partial charge in [-0.2, -0.15) is 31.6 Å². The zero-order chi connectivity index (χ0) is 27.9. The van der Waals surface area contributed by atoms with Gasteiger partial charge in [0.2, 0.25) is 0 Å². The number of carbonyl (C=O) groups excluding carboxylic acids is 1. The van der Waals surface area contributed by atoms with Crippen LogP contribution in [0.25, 0.3) is 10.4 Å². The number of alkyl halides is 6. The topological polar surface area (TPSA) is 54.5 Å². The largest absolute Gasteiger partial charge is 0.457 e. The summed E-state index contributed by atoms with van der Waals surface area (Å²) in [7, 11) is 0. The number of hydrogen-bond acceptors (Lipinski definition) is 3. The molecule has 0 heterocycles. The average Bonchev–Trinajstić information content (AvgIpc) is 2.80. The molecule has 0 fully saturated rings. The smallest absolute Gasteiger partial charge is 0.416 e. The van der Waals surface area contributed by atoms with Crippen LogP contribution in [0.15, 0.2) is 47.8 Å². The first kappa shape index (κ1) is 27.0. The van der Waals surface area contributed by atoms with Crippen molar-refractivity contribution in [3.63, 3.8) is 0 Å². The molecule has 2 aromatic rings. The Bertz CT molecular complexity index is 1440. The Morgan fingerprint density at radius 2 is 1.38 bits per heavy atom. The van der Waals surface area contributed by atoms with Gasteiger partial charge in [0.1, 0.15) is 17.6 Å². The Morgan fingerprint density at radius 3 is 1.81 bits per heavy atom. The van der Waals surface area contributed by atoms with Crippen LogP contribution >= 0.6 is 0 Å². The Hall–Kier alpha value is -4.59. The lowest BCUT2D eigenvalue weighted by Crippen LogP contribution is -2.13. The van der Waals surface area contributed by atoms with Crippen molar-refractivity contribution in [3.8, 4) is 11.8 Å². The number of benzene rings is 2. The number of halogens is 10. The van der Waals surface area contributed by atoms with Crippen molar-refractivity contribution < 1.29 is 53.4 Å². The fourth-order valence-corrected chi connectivity index (χ4v) is 3.09. The minimum absolute atomic E-state index is 0.119. The first-order chi connectivity index (χ1) is 17.1. The zero-order valence-corrected chi connectivity index (χ0v) is 17.5. The number of carbonyl (C=O) groups is 1. The highest BCUT2D eigenvalue weighted by atomic mass is 19.4. The third-order valence-electron chi connectivity index (χ3n) is 4.73. The van der Waals surface area contributed by atoms with Gasteiger partial charge in [0, 0.05) is 11.6 Å². The predicted octanol–water partition coefficient (Wildman–Crippen LogP) is 7.21. The van der Waals surface area contributed by atoms with Crippen LogP contribution in [0.1, 0.15) is 16.7 Å². The van der Waals surface area contributed by atoms with Gasteiger partial charge in [0.15, 0.2) is 29.1 Å². The normalized spacial score (nSPS) is 15.1. The van der Waals surface area contributed by atoms with E-state index in [1.807, 2.05) is 0 Å². The second-order valence-electron chi connectivity index (χ2n) is 7.08. The molecule has 0 saturated carbocycles. The van der Waals surface area contributed by atoms with E-state index < -0.39 is 86.4 Å². The molecule has 0 N–H and O–H groups in total. The Balaban J connectivity index is 2.27. The van der Waals surface area contributed by atoms with Gasteiger partial charge in [0.05, 0.1) is 28.8 Å². The Morgan fingerprint density at radius 1 is 0.865 bits per heavy atom. The molecule has 0 aromatic heterocycles. The number of nitriles is 1. The summed E-state index contributed by atoms with van der Waals surface area (Å²) in [5.74, 6) is -11.8. The molecule has 37 heavy (non-hydrogen) atoms. The van der Waals surface area contributed by atoms with E-state index in [-0.39, 0.29) is 18.2 Å². The summed E-state index contributed by atoms with van der Waals surface area (Å²) in [4.78, 5) is 14.1. The molecular formula is C23H6F10N2O2. The molecule has 0 saturated heterocycles. The molecule has 0 atom stereocenters. The average molecular weight is 532 g/mol. The number of hydrogen-bond donors (Lipinski definition) is 0. The van der Waals surface area contributed by atoms with Gasteiger partial charge in [-0.05, 0) is 30.4 Å². The minimum Gasteiger partial charge on any atom is -0.457 e. The van der Waals surface area contributed by atoms with E-state index in [0.29, 0.717) is 18.2 Å². The molecule has 3 rings (SSSR count). The van der Waals surface area contributed by atoms with Gasteiger partial charge in [-0.15, -0.1) is 0 Å². The van der Waals surface area contributed by atoms with Crippen LogP contribution in [-0.2, 0) is 17.1 Å². The fourth-order valence-electron chi connectivity index (χ4n) is 3.09. The first-order valence-electron chi connectivity index (χ1n) is 9.39. The number of nitrogens with zero attached hydrogens (tertiary/aromatic N) is 2. The van der Waals surface area contributed by atoms with Crippen LogP contribution in [0.3, 0.4) is 0 Å². The third-order valence-corrected chi connectivity index (χ3v) is 4.73. The van der Waals surface area contributed by atoms with Crippen molar-refractivity contribution in [2.45, 2.75) is 12.4 Å². The lowest BCUT2D eigenvalue weighted by molar-refractivity contribution is -0.143. The van der Waals surface area contributed by atoms with Crippen molar-refractivity contribution in [2.24, 2.45) is 0 Å². The summed E-state index contributed by atoms with van der Waals surface area (Å²) in [6.07, 6.45) is -8.79. The number of ketones is 1. The Kier molecular flexibility index (Phi) is 6.91. The van der Waals surface area contributed by atoms with E-state index in [1.165, 1.54) is 6.07 Å². The zero-order valence-electron chi connectivity index (χ0n) is 17.5. The van der Waals surface area contributed by atoms with E-state index >= 15 is 0 Å². The molecule has 0 amide bonds. The lowest BCUT2D eigenvalue weighted by atomic mass is 9.94. The quantitative estimate of drug-likeness (QED) is 0.182. The summed E-state index contributed by atoms with van der Waals surface area (Å²) in [5, 5.41) is 9.49. The number of allylic oxidation sites excluding steroid dienone is 4. The number of rotatable bonds is 3. The van der Waals surface area contributed by atoms with E-state index in [9.17, 15) is 54.0 Å². The van der Waals surface area contributed by atoms with Gasteiger partial charge in [-0.3, -0.25) is 4.79 Å². The van der Waals surface area contributed by atoms with E-state index in [0.717, 1.165) is 0 Å². The van der Waals surface area contributed by atoms with Gasteiger partial charge in [-0.25, -0.2) is 22.4 Å². The van der Waals surface area contributed by atoms with Crippen LogP contribution in [0, 0.1) is 41.2 Å². The first-order valence-corrected chi connectivity index (χ1v) is 9.39. The Labute approximate surface area is 199 Å². The van der Waals surface area contributed by atoms with Crippen LogP contribution in [0.5, 0.6) is 5.75 Å². The van der Waals surface area contributed by atoms with Gasteiger partial charge >= 0.3 is 12.4 Å². The lowest BCUT2D eigenvalue weighted by Gasteiger charge is -2.19. The molecule has 1 aliphatic rings. The maximum atomic E-state index is 14.6. The SMILES string of the molecule is [C-]#[N+]c1c(F)c(F)c(/C(C#N)=C2\C=CC(=O)C=C2Oc2cc(C(F)(F)F)cc(C(F)(F)F)c2)c(F)c1F. The van der Waals surface area contributed by atoms with Crippen molar-refractivity contribution in [2.75, 3.05) is 0 Å². The highest BCUT2D eigenvalue weighted by molar-refractivity contribution is 6.03. The summed E-state index contributed by atoms with van der Waals surface area (Å²) < 4.78 is 141. The van der Waals surface area contributed by atoms with Crippen molar-refractivity contribution in [1.82, 2.24) is 0 Å². The molecule has 0 bridgehead atoms. The highest BCUT2D eigenvalue weighted by Crippen LogP contribution is 2.40. The van der Waals surface area contributed by atoms with E-state index in [2.05, 4.69) is 4.85 Å². The van der Waals surface area contributed by atoms with Gasteiger partial charge in [-0.1, -0.05) is 0 Å². The summed E-state index contributed by atoms with van der Waals surface area (Å²) in [6.45, 7) is 6.64. The molecule has 1 aliphatic carbocycles. The van der Waals surface area contributed by atoms with Crippen LogP contribution < -0.4 is 4.74 Å². The van der Waals surface area contributed by atoms with Gasteiger partial charge in [0.25, 0.3) is 5.69 Å². The maximum Gasteiger partial charge on any atom is 0.416 e. The maximum absolute atomic E-state index is 14.6. The molecule has 2 aromatic carbocycles. The summed E-state index contributed by atoms with van der Waals surface area (Å²) in [5.41, 5.74) is -9.02. The van der Waals surface area contributed by atoms with E-state index in [1.54, 1.807) is 0 Å². The molecule has 0 aliphatic heterocycles. The van der Waals surface area contributed by atoms with Crippen molar-refractivity contribution >= 4 is 17.0 Å². The molecule has 0 unspecified atom stereocenters. The standard InChI is InChI=1S/C23H6F10N2O2/c1-35-21-19(26)17(24)16(18(25)20(21)27)14(8-34)13-3-2-11(36)7-15(13)37-12-5-9(22(28,29)30)4-10(6-12)23(31,32)33/h2-7H/b14-13+. The van der Waals surface area contributed by atoms with Gasteiger partial charge < -0.3 is 4.74 Å². The number of ether oxygens (including phenoxy) is 1. The highest BCUT2D eigenvalue weighted by Gasteiger charge is 2.38. The molecule has 0 radical (unpaired) electrons. The molecular weight excluding hydrogens is 526 g/mol. The molecule has 4 nitrogen and oxygen atoms in total. The summed E-state index contributed by atoms with van der Waals surface area (Å²) in [6, 6.07) is 1.22. The fraction of sp³-hybridized carbons (Fsp3) is 0.0870. The van der Waals surface area contributed by atoms with Crippen LogP contribution in [0.4, 0.5) is 49.6 Å². The van der Waals surface area contributed by atoms with E-state index in [4.69, 9.17) is 11.3 Å². The third kappa shape index (κ3) is 5.18. The minimum atomic E-state index is -5.28. The molecule has 190 valence electrons. The predicted molar refractivity (Wildman–Crippen MR) is 104 cm³/mol.